The van der Waals surface area contributed by atoms with Gasteiger partial charge in [0.2, 0.25) is 5.91 Å². The first-order valence-corrected chi connectivity index (χ1v) is 12.5. The number of hydrogen-bond acceptors (Lipinski definition) is 5. The smallest absolute Gasteiger partial charge is 0.252 e. The van der Waals surface area contributed by atoms with Crippen LogP contribution >= 0.6 is 0 Å². The van der Waals surface area contributed by atoms with Crippen molar-refractivity contribution in [3.63, 3.8) is 0 Å². The Morgan fingerprint density at radius 1 is 1.20 bits per heavy atom. The van der Waals surface area contributed by atoms with E-state index in [1.807, 2.05) is 43.0 Å². The van der Waals surface area contributed by atoms with Gasteiger partial charge in [0.15, 0.2) is 5.54 Å². The quantitative estimate of drug-likeness (QED) is 0.615. The van der Waals surface area contributed by atoms with Crippen LogP contribution in [0.3, 0.4) is 0 Å². The molecule has 2 amide bonds. The fourth-order valence-electron chi connectivity index (χ4n) is 8.04. The Labute approximate surface area is 203 Å². The molecule has 2 aromatic rings. The van der Waals surface area contributed by atoms with Crippen molar-refractivity contribution in [1.29, 1.82) is 0 Å². The van der Waals surface area contributed by atoms with Crippen LogP contribution in [-0.4, -0.2) is 57.0 Å². The van der Waals surface area contributed by atoms with E-state index in [4.69, 9.17) is 9.47 Å². The molecule has 4 saturated heterocycles. The first-order valence-electron chi connectivity index (χ1n) is 12.5. The molecule has 1 aromatic carbocycles. The standard InChI is InChI=1S/C27H31N3O5/c1-24(2)11-9-14-16(35-24)8-7-15-18-20(30(33)19(14)15)25(3,4)17-13-26-10-6-12-29(26)23(32)27(17,21(18)34-5)28-22(26)31/h7-9,11,17,21,33H,6,10,12-13H2,1-5H3,(H,28,31). The van der Waals surface area contributed by atoms with Crippen LogP contribution in [0.1, 0.15) is 69.9 Å². The third-order valence-electron chi connectivity index (χ3n) is 9.49. The second-order valence-electron chi connectivity index (χ2n) is 12.0. The summed E-state index contributed by atoms with van der Waals surface area (Å²) in [5.41, 5.74) is -0.158. The molecule has 5 aliphatic heterocycles. The highest BCUT2D eigenvalue weighted by Crippen LogP contribution is 2.63. The molecule has 35 heavy (non-hydrogen) atoms. The van der Waals surface area contributed by atoms with Gasteiger partial charge in [-0.05, 0) is 57.4 Å². The molecule has 2 N–H and O–H groups in total. The largest absolute Gasteiger partial charge is 0.483 e. The van der Waals surface area contributed by atoms with Gasteiger partial charge in [-0.15, -0.1) is 0 Å². The average Bonchev–Trinajstić information content (AvgIpc) is 3.36. The van der Waals surface area contributed by atoms with E-state index in [-0.39, 0.29) is 17.7 Å². The van der Waals surface area contributed by atoms with Crippen LogP contribution in [-0.2, 0) is 19.7 Å². The van der Waals surface area contributed by atoms with Gasteiger partial charge in [-0.1, -0.05) is 13.8 Å². The number of piperazine rings is 1. The Bertz CT molecular complexity index is 1390. The van der Waals surface area contributed by atoms with Crippen molar-refractivity contribution < 1.29 is 24.3 Å². The summed E-state index contributed by atoms with van der Waals surface area (Å²) in [6.45, 7) is 8.73. The molecule has 6 aliphatic rings. The Kier molecular flexibility index (Phi) is 3.67. The highest BCUT2D eigenvalue weighted by Gasteiger charge is 2.76. The van der Waals surface area contributed by atoms with Crippen molar-refractivity contribution in [2.24, 2.45) is 5.92 Å². The lowest BCUT2D eigenvalue weighted by Crippen LogP contribution is -2.85. The SMILES string of the molecule is COC1c2c(n(O)c3c4c(ccc23)OC(C)(C)C=C4)C(C)(C)C2CC34CCCN3C(=O)C12NC4=O. The second-order valence-corrected chi connectivity index (χ2v) is 12.0. The Morgan fingerprint density at radius 3 is 2.71 bits per heavy atom. The van der Waals surface area contributed by atoms with Gasteiger partial charge in [0.1, 0.15) is 23.0 Å². The minimum absolute atomic E-state index is 0.0572. The lowest BCUT2D eigenvalue weighted by atomic mass is 9.50. The summed E-state index contributed by atoms with van der Waals surface area (Å²) in [7, 11) is 1.59. The summed E-state index contributed by atoms with van der Waals surface area (Å²) >= 11 is 0. The predicted molar refractivity (Wildman–Crippen MR) is 128 cm³/mol. The first-order chi connectivity index (χ1) is 16.5. The number of fused-ring (bicyclic) bond motifs is 6. The summed E-state index contributed by atoms with van der Waals surface area (Å²) in [6, 6.07) is 3.85. The maximum atomic E-state index is 14.2. The van der Waals surface area contributed by atoms with Crippen molar-refractivity contribution in [3.05, 3.63) is 35.0 Å². The van der Waals surface area contributed by atoms with Crippen LogP contribution < -0.4 is 10.1 Å². The molecular weight excluding hydrogens is 446 g/mol. The lowest BCUT2D eigenvalue weighted by Gasteiger charge is -2.65. The normalized spacial score (nSPS) is 35.3. The number of carbonyl (C=O) groups is 2. The second kappa shape index (κ2) is 6.03. The molecule has 0 saturated carbocycles. The zero-order valence-corrected chi connectivity index (χ0v) is 20.8. The summed E-state index contributed by atoms with van der Waals surface area (Å²) < 4.78 is 13.6. The van der Waals surface area contributed by atoms with E-state index in [0.29, 0.717) is 30.7 Å². The minimum Gasteiger partial charge on any atom is -0.483 e. The van der Waals surface area contributed by atoms with Crippen molar-refractivity contribution in [2.45, 2.75) is 75.2 Å². The molecule has 8 heteroatoms. The van der Waals surface area contributed by atoms with Crippen LogP contribution in [0.25, 0.3) is 17.0 Å². The van der Waals surface area contributed by atoms with Gasteiger partial charge in [-0.3, -0.25) is 9.59 Å². The van der Waals surface area contributed by atoms with Crippen LogP contribution in [0.4, 0.5) is 0 Å². The van der Waals surface area contributed by atoms with Gasteiger partial charge < -0.3 is 24.9 Å². The van der Waals surface area contributed by atoms with Gasteiger partial charge in [0, 0.05) is 41.5 Å². The Hall–Kier alpha value is -3.00. The summed E-state index contributed by atoms with van der Waals surface area (Å²) in [5.74, 6) is 0.333. The van der Waals surface area contributed by atoms with E-state index < -0.39 is 28.2 Å². The maximum absolute atomic E-state index is 14.2. The van der Waals surface area contributed by atoms with Gasteiger partial charge in [0.25, 0.3) is 5.91 Å². The zero-order valence-electron chi connectivity index (χ0n) is 20.8. The topological polar surface area (TPSA) is 93.0 Å². The van der Waals surface area contributed by atoms with Crippen LogP contribution in [0, 0.1) is 5.92 Å². The van der Waals surface area contributed by atoms with E-state index in [0.717, 1.165) is 28.6 Å². The molecule has 6 heterocycles. The monoisotopic (exact) mass is 477 g/mol. The Balaban J connectivity index is 1.55. The lowest BCUT2D eigenvalue weighted by molar-refractivity contribution is -0.193. The molecule has 1 aromatic heterocycles. The van der Waals surface area contributed by atoms with Gasteiger partial charge in [-0.25, -0.2) is 0 Å². The fourth-order valence-corrected chi connectivity index (χ4v) is 8.04. The number of nitrogens with one attached hydrogen (secondary N) is 1. The van der Waals surface area contributed by atoms with E-state index in [1.165, 1.54) is 4.73 Å². The molecule has 4 fully saturated rings. The van der Waals surface area contributed by atoms with E-state index >= 15 is 0 Å². The van der Waals surface area contributed by atoms with Crippen LogP contribution in [0.2, 0.25) is 0 Å². The number of carbonyl (C=O) groups excluding carboxylic acids is 2. The van der Waals surface area contributed by atoms with Crippen LogP contribution in [0.15, 0.2) is 18.2 Å². The van der Waals surface area contributed by atoms with Crippen molar-refractivity contribution in [3.8, 4) is 5.75 Å². The summed E-state index contributed by atoms with van der Waals surface area (Å²) in [5, 5.41) is 15.7. The van der Waals surface area contributed by atoms with E-state index in [9.17, 15) is 14.8 Å². The van der Waals surface area contributed by atoms with Gasteiger partial charge in [-0.2, -0.15) is 4.73 Å². The average molecular weight is 478 g/mol. The number of piperidine rings is 2. The first kappa shape index (κ1) is 21.3. The molecule has 1 aliphatic carbocycles. The third kappa shape index (κ3) is 2.15. The molecule has 4 unspecified atom stereocenters. The predicted octanol–water partition coefficient (Wildman–Crippen LogP) is 3.29. The molecule has 184 valence electrons. The number of hydrogen-bond donors (Lipinski definition) is 2. The number of aromatic nitrogens is 1. The molecular formula is C27H31N3O5. The number of amides is 2. The highest BCUT2D eigenvalue weighted by molar-refractivity contribution is 6.07. The fraction of sp³-hybridized carbons (Fsp3) is 0.556. The van der Waals surface area contributed by atoms with Crippen molar-refractivity contribution in [1.82, 2.24) is 14.9 Å². The number of ether oxygens (including phenoxy) is 2. The number of benzene rings is 1. The molecule has 8 rings (SSSR count). The third-order valence-corrected chi connectivity index (χ3v) is 9.49. The molecule has 0 radical (unpaired) electrons. The molecule has 2 bridgehead atoms. The van der Waals surface area contributed by atoms with Gasteiger partial charge in [0.05, 0.1) is 11.2 Å². The zero-order chi connectivity index (χ0) is 24.7. The summed E-state index contributed by atoms with van der Waals surface area (Å²) in [4.78, 5) is 29.5. The molecule has 4 atom stereocenters. The number of nitrogens with zero attached hydrogens (tertiary/aromatic N) is 2. The van der Waals surface area contributed by atoms with E-state index in [1.54, 1.807) is 7.11 Å². The van der Waals surface area contributed by atoms with E-state index in [2.05, 4.69) is 19.2 Å². The Morgan fingerprint density at radius 2 is 1.97 bits per heavy atom. The minimum atomic E-state index is -1.22. The molecule has 2 spiro atoms. The highest BCUT2D eigenvalue weighted by atomic mass is 16.5. The van der Waals surface area contributed by atoms with Crippen LogP contribution in [0.5, 0.6) is 5.75 Å². The molecule has 8 nitrogen and oxygen atoms in total. The maximum Gasteiger partial charge on any atom is 0.252 e. The number of methoxy groups -OCH3 is 1. The summed E-state index contributed by atoms with van der Waals surface area (Å²) in [6.07, 6.45) is 5.30. The number of rotatable bonds is 1. The van der Waals surface area contributed by atoms with Crippen molar-refractivity contribution >= 4 is 28.8 Å². The van der Waals surface area contributed by atoms with Gasteiger partial charge >= 0.3 is 0 Å². The van der Waals surface area contributed by atoms with Crippen molar-refractivity contribution in [2.75, 3.05) is 13.7 Å².